The highest BCUT2D eigenvalue weighted by Gasteiger charge is 2.30. The van der Waals surface area contributed by atoms with Crippen molar-refractivity contribution in [2.24, 2.45) is 7.05 Å². The molecule has 0 saturated heterocycles. The number of benzene rings is 1. The van der Waals surface area contributed by atoms with Crippen LogP contribution in [-0.4, -0.2) is 39.1 Å². The number of hydrogen-bond donors (Lipinski definition) is 1. The summed E-state index contributed by atoms with van der Waals surface area (Å²) in [5.41, 5.74) is 2.91. The third kappa shape index (κ3) is 3.38. The lowest BCUT2D eigenvalue weighted by molar-refractivity contribution is -0.384. The first-order chi connectivity index (χ1) is 14.4. The van der Waals surface area contributed by atoms with Crippen LogP contribution in [0.5, 0.6) is 11.5 Å². The quantitative estimate of drug-likeness (QED) is 0.388. The average molecular weight is 415 g/mol. The molecule has 0 bridgehead atoms. The second-order valence-electron chi connectivity index (χ2n) is 7.35. The summed E-state index contributed by atoms with van der Waals surface area (Å²) in [6, 6.07) is 3.23. The first-order valence-corrected chi connectivity index (χ1v) is 9.58. The lowest BCUT2D eigenvalue weighted by Gasteiger charge is -2.18. The molecule has 1 aliphatic carbocycles. The highest BCUT2D eigenvalue weighted by Crippen LogP contribution is 2.40. The second kappa shape index (κ2) is 7.77. The van der Waals surface area contributed by atoms with Gasteiger partial charge in [0.15, 0.2) is 17.3 Å². The molecule has 1 N–H and O–H groups in total. The zero-order chi connectivity index (χ0) is 21.4. The molecule has 2 heterocycles. The SMILES string of the molecule is COc1cc(OC)c(F)c(C2CCCc3c(-c4nn(C)cc4[N+](=O)[O-])n[nH]c3C2)c1. The molecule has 0 spiro atoms. The zero-order valence-electron chi connectivity index (χ0n) is 16.9. The van der Waals surface area contributed by atoms with E-state index in [4.69, 9.17) is 9.47 Å². The van der Waals surface area contributed by atoms with Crippen molar-refractivity contribution in [3.8, 4) is 22.9 Å². The fraction of sp³-hybridized carbons (Fsp3) is 0.400. The van der Waals surface area contributed by atoms with E-state index in [2.05, 4.69) is 15.3 Å². The van der Waals surface area contributed by atoms with Crippen LogP contribution in [0.15, 0.2) is 18.3 Å². The van der Waals surface area contributed by atoms with Crippen molar-refractivity contribution >= 4 is 5.69 Å². The number of aromatic amines is 1. The van der Waals surface area contributed by atoms with Crippen molar-refractivity contribution in [3.05, 3.63) is 51.1 Å². The van der Waals surface area contributed by atoms with Crippen molar-refractivity contribution in [2.45, 2.75) is 31.6 Å². The molecule has 1 unspecified atom stereocenters. The summed E-state index contributed by atoms with van der Waals surface area (Å²) in [5, 5.41) is 23.0. The Morgan fingerprint density at radius 2 is 2.10 bits per heavy atom. The van der Waals surface area contributed by atoms with E-state index < -0.39 is 10.7 Å². The van der Waals surface area contributed by atoms with Crippen LogP contribution < -0.4 is 9.47 Å². The summed E-state index contributed by atoms with van der Waals surface area (Å²) >= 11 is 0. The minimum atomic E-state index is -0.458. The lowest BCUT2D eigenvalue weighted by atomic mass is 9.90. The summed E-state index contributed by atoms with van der Waals surface area (Å²) in [6.45, 7) is 0. The number of rotatable bonds is 5. The maximum atomic E-state index is 15.0. The number of fused-ring (bicyclic) bond motifs is 1. The number of ether oxygens (including phenoxy) is 2. The molecule has 30 heavy (non-hydrogen) atoms. The van der Waals surface area contributed by atoms with E-state index in [-0.39, 0.29) is 23.0 Å². The predicted molar refractivity (Wildman–Crippen MR) is 106 cm³/mol. The Hall–Kier alpha value is -3.43. The largest absolute Gasteiger partial charge is 0.497 e. The molecule has 158 valence electrons. The topological polar surface area (TPSA) is 108 Å². The molecular formula is C20H22FN5O4. The molecule has 4 rings (SSSR count). The van der Waals surface area contributed by atoms with E-state index in [1.54, 1.807) is 13.1 Å². The van der Waals surface area contributed by atoms with Gasteiger partial charge in [-0.1, -0.05) is 0 Å². The number of aromatic nitrogens is 4. The van der Waals surface area contributed by atoms with Gasteiger partial charge in [0, 0.05) is 24.4 Å². The van der Waals surface area contributed by atoms with E-state index in [9.17, 15) is 10.1 Å². The third-order valence-electron chi connectivity index (χ3n) is 5.55. The summed E-state index contributed by atoms with van der Waals surface area (Å²) in [5.74, 6) is 0.166. The Morgan fingerprint density at radius 1 is 1.30 bits per heavy atom. The van der Waals surface area contributed by atoms with E-state index in [0.29, 0.717) is 29.8 Å². The Balaban J connectivity index is 1.73. The highest BCUT2D eigenvalue weighted by atomic mass is 19.1. The van der Waals surface area contributed by atoms with E-state index in [0.717, 1.165) is 24.1 Å². The summed E-state index contributed by atoms with van der Waals surface area (Å²) < 4.78 is 26.9. The van der Waals surface area contributed by atoms with Crippen molar-refractivity contribution in [1.29, 1.82) is 0 Å². The van der Waals surface area contributed by atoms with Crippen LogP contribution in [0.3, 0.4) is 0 Å². The van der Waals surface area contributed by atoms with Crippen molar-refractivity contribution in [1.82, 2.24) is 20.0 Å². The Bertz CT molecular complexity index is 1110. The van der Waals surface area contributed by atoms with Gasteiger partial charge in [-0.25, -0.2) is 4.39 Å². The molecule has 3 aromatic rings. The van der Waals surface area contributed by atoms with Crippen molar-refractivity contribution in [3.63, 3.8) is 0 Å². The minimum Gasteiger partial charge on any atom is -0.497 e. The summed E-state index contributed by atoms with van der Waals surface area (Å²) in [4.78, 5) is 11.0. The number of nitro groups is 1. The molecule has 1 atom stereocenters. The van der Waals surface area contributed by atoms with Crippen LogP contribution in [0.25, 0.3) is 11.4 Å². The summed E-state index contributed by atoms with van der Waals surface area (Å²) in [6.07, 6.45) is 4.10. The number of nitrogens with zero attached hydrogens (tertiary/aromatic N) is 4. The van der Waals surface area contributed by atoms with E-state index >= 15 is 4.39 Å². The molecule has 10 heteroatoms. The number of methoxy groups -OCH3 is 2. The fourth-order valence-corrected chi connectivity index (χ4v) is 4.11. The number of H-pyrrole nitrogens is 1. The van der Waals surface area contributed by atoms with Crippen LogP contribution in [-0.2, 0) is 19.9 Å². The zero-order valence-corrected chi connectivity index (χ0v) is 16.9. The Morgan fingerprint density at radius 3 is 2.80 bits per heavy atom. The monoisotopic (exact) mass is 415 g/mol. The van der Waals surface area contributed by atoms with Crippen LogP contribution >= 0.6 is 0 Å². The van der Waals surface area contributed by atoms with Gasteiger partial charge in [-0.15, -0.1) is 0 Å². The van der Waals surface area contributed by atoms with Crippen LogP contribution in [0.2, 0.25) is 0 Å². The molecule has 9 nitrogen and oxygen atoms in total. The van der Waals surface area contributed by atoms with Gasteiger partial charge in [-0.3, -0.25) is 19.9 Å². The highest BCUT2D eigenvalue weighted by molar-refractivity contribution is 5.69. The van der Waals surface area contributed by atoms with Gasteiger partial charge >= 0.3 is 5.69 Å². The summed E-state index contributed by atoms with van der Waals surface area (Å²) in [7, 11) is 4.59. The normalized spacial score (nSPS) is 16.1. The number of hydrogen-bond acceptors (Lipinski definition) is 6. The number of halogens is 1. The number of nitrogens with one attached hydrogen (secondary N) is 1. The van der Waals surface area contributed by atoms with Crippen LogP contribution in [0.1, 0.15) is 35.6 Å². The van der Waals surface area contributed by atoms with Gasteiger partial charge in [-0.2, -0.15) is 10.2 Å². The van der Waals surface area contributed by atoms with Crippen LogP contribution in [0.4, 0.5) is 10.1 Å². The second-order valence-corrected chi connectivity index (χ2v) is 7.35. The molecule has 1 aromatic carbocycles. The molecule has 0 radical (unpaired) electrons. The Labute approximate surface area is 172 Å². The van der Waals surface area contributed by atoms with Gasteiger partial charge in [0.2, 0.25) is 0 Å². The van der Waals surface area contributed by atoms with Gasteiger partial charge in [0.05, 0.1) is 19.1 Å². The van der Waals surface area contributed by atoms with E-state index in [1.807, 2.05) is 0 Å². The smallest absolute Gasteiger partial charge is 0.316 e. The van der Waals surface area contributed by atoms with E-state index in [1.165, 1.54) is 31.2 Å². The third-order valence-corrected chi connectivity index (χ3v) is 5.55. The van der Waals surface area contributed by atoms with Gasteiger partial charge in [0.25, 0.3) is 0 Å². The van der Waals surface area contributed by atoms with Crippen molar-refractivity contribution < 1.29 is 18.8 Å². The van der Waals surface area contributed by atoms with Crippen molar-refractivity contribution in [2.75, 3.05) is 14.2 Å². The molecule has 0 fully saturated rings. The maximum Gasteiger partial charge on any atom is 0.316 e. The predicted octanol–water partition coefficient (Wildman–Crippen LogP) is 3.54. The first kappa shape index (κ1) is 19.9. The molecule has 2 aromatic heterocycles. The lowest BCUT2D eigenvalue weighted by Crippen LogP contribution is -2.07. The van der Waals surface area contributed by atoms with Gasteiger partial charge in [-0.05, 0) is 43.2 Å². The molecule has 1 aliphatic rings. The fourth-order valence-electron chi connectivity index (χ4n) is 4.11. The maximum absolute atomic E-state index is 15.0. The molecular weight excluding hydrogens is 393 g/mol. The standard InChI is InChI=1S/C20H22FN5O4/c1-25-10-16(26(27)28)20(24-25)19-13-6-4-5-11(7-15(13)22-23-19)14-8-12(29-2)9-17(30-3)18(14)21/h8-11H,4-7H2,1-3H3,(H,22,23). The average Bonchev–Trinajstić information content (AvgIpc) is 3.24. The molecule has 0 amide bonds. The van der Waals surface area contributed by atoms with Gasteiger partial charge in [0.1, 0.15) is 17.6 Å². The first-order valence-electron chi connectivity index (χ1n) is 9.58. The number of aryl methyl sites for hydroxylation is 1. The Kier molecular flexibility index (Phi) is 5.15. The molecule has 0 saturated carbocycles. The van der Waals surface area contributed by atoms with Crippen LogP contribution in [0, 0.1) is 15.9 Å². The minimum absolute atomic E-state index is 0.0869. The molecule has 0 aliphatic heterocycles. The van der Waals surface area contributed by atoms with Gasteiger partial charge < -0.3 is 9.47 Å².